The molecule has 3 unspecified atom stereocenters. The summed E-state index contributed by atoms with van der Waals surface area (Å²) < 4.78 is 14.0. The third kappa shape index (κ3) is 3.67. The molecule has 0 aromatic heterocycles. The Morgan fingerprint density at radius 2 is 1.86 bits per heavy atom. The summed E-state index contributed by atoms with van der Waals surface area (Å²) in [6.07, 6.45) is -0.356. The van der Waals surface area contributed by atoms with E-state index in [4.69, 9.17) is 17.3 Å². The topological polar surface area (TPSA) is 46.2 Å². The van der Waals surface area contributed by atoms with E-state index in [1.54, 1.807) is 6.07 Å². The molecule has 0 spiro atoms. The van der Waals surface area contributed by atoms with Crippen molar-refractivity contribution in [1.29, 1.82) is 0 Å². The van der Waals surface area contributed by atoms with Crippen LogP contribution in [0.2, 0.25) is 5.02 Å². The van der Waals surface area contributed by atoms with Crippen molar-refractivity contribution >= 4 is 11.6 Å². The molecule has 118 valence electrons. The first kappa shape index (κ1) is 16.9. The van der Waals surface area contributed by atoms with Crippen molar-refractivity contribution in [2.45, 2.75) is 32.4 Å². The lowest BCUT2D eigenvalue weighted by Crippen LogP contribution is -2.36. The van der Waals surface area contributed by atoms with E-state index in [1.165, 1.54) is 23.3 Å². The number of benzene rings is 2. The van der Waals surface area contributed by atoms with Gasteiger partial charge in [-0.3, -0.25) is 0 Å². The number of hydrogen-bond donors (Lipinski definition) is 2. The van der Waals surface area contributed by atoms with Gasteiger partial charge >= 0.3 is 0 Å². The van der Waals surface area contributed by atoms with Gasteiger partial charge in [0, 0.05) is 11.6 Å². The number of halogens is 2. The highest BCUT2D eigenvalue weighted by molar-refractivity contribution is 6.30. The van der Waals surface area contributed by atoms with E-state index in [-0.39, 0.29) is 16.5 Å². The average Bonchev–Trinajstić information content (AvgIpc) is 2.51. The van der Waals surface area contributed by atoms with Gasteiger partial charge in [0.1, 0.15) is 5.82 Å². The maximum absolute atomic E-state index is 14.0. The monoisotopic (exact) mass is 321 g/mol. The first-order valence-corrected chi connectivity index (χ1v) is 7.71. The fourth-order valence-electron chi connectivity index (χ4n) is 2.59. The molecular weight excluding hydrogens is 301 g/mol. The lowest BCUT2D eigenvalue weighted by atomic mass is 9.87. The predicted molar refractivity (Wildman–Crippen MR) is 88.4 cm³/mol. The van der Waals surface area contributed by atoms with Gasteiger partial charge in [-0.15, -0.1) is 0 Å². The normalized spacial score (nSPS) is 15.4. The lowest BCUT2D eigenvalue weighted by Gasteiger charge is -2.26. The van der Waals surface area contributed by atoms with E-state index in [9.17, 15) is 9.50 Å². The molecule has 2 nitrogen and oxygen atoms in total. The third-order valence-corrected chi connectivity index (χ3v) is 4.42. The Labute approximate surface area is 135 Å². The number of nitrogens with two attached hydrogens (primary N) is 1. The number of rotatable bonds is 5. The van der Waals surface area contributed by atoms with Crippen molar-refractivity contribution in [3.8, 4) is 0 Å². The molecule has 0 saturated carbocycles. The number of aryl methyl sites for hydroxylation is 1. The van der Waals surface area contributed by atoms with Gasteiger partial charge < -0.3 is 10.8 Å². The molecule has 0 bridgehead atoms. The molecule has 4 heteroatoms. The molecule has 2 aromatic rings. The molecule has 0 aliphatic heterocycles. The van der Waals surface area contributed by atoms with Crippen LogP contribution in [-0.4, -0.2) is 11.1 Å². The fraction of sp³-hybridized carbons (Fsp3) is 0.333. The third-order valence-electron chi connectivity index (χ3n) is 4.12. The Kier molecular flexibility index (Phi) is 5.57. The first-order valence-electron chi connectivity index (χ1n) is 7.34. The molecule has 0 saturated heterocycles. The summed E-state index contributed by atoms with van der Waals surface area (Å²) in [6.45, 7) is 4.00. The zero-order chi connectivity index (χ0) is 16.3. The predicted octanol–water partition coefficient (Wildman–Crippen LogP) is 4.03. The van der Waals surface area contributed by atoms with E-state index in [2.05, 4.69) is 0 Å². The van der Waals surface area contributed by atoms with Crippen LogP contribution in [0.1, 0.15) is 29.7 Å². The lowest BCUT2D eigenvalue weighted by molar-refractivity contribution is 0.118. The van der Waals surface area contributed by atoms with Crippen LogP contribution in [0.3, 0.4) is 0 Å². The van der Waals surface area contributed by atoms with Gasteiger partial charge in [-0.2, -0.15) is 0 Å². The van der Waals surface area contributed by atoms with E-state index in [1.807, 2.05) is 38.1 Å². The van der Waals surface area contributed by atoms with Gasteiger partial charge in [-0.05, 0) is 36.5 Å². The Morgan fingerprint density at radius 1 is 1.18 bits per heavy atom. The molecule has 2 aromatic carbocycles. The average molecular weight is 322 g/mol. The van der Waals surface area contributed by atoms with Gasteiger partial charge in [0.05, 0.1) is 11.1 Å². The minimum Gasteiger partial charge on any atom is -0.387 e. The zero-order valence-electron chi connectivity index (χ0n) is 12.8. The van der Waals surface area contributed by atoms with E-state index in [0.29, 0.717) is 0 Å². The van der Waals surface area contributed by atoms with Crippen LogP contribution in [0, 0.1) is 18.7 Å². The van der Waals surface area contributed by atoms with Crippen molar-refractivity contribution in [1.82, 2.24) is 0 Å². The maximum atomic E-state index is 14.0. The van der Waals surface area contributed by atoms with E-state index >= 15 is 0 Å². The van der Waals surface area contributed by atoms with Crippen LogP contribution in [0.15, 0.2) is 42.5 Å². The van der Waals surface area contributed by atoms with E-state index < -0.39 is 18.0 Å². The first-order chi connectivity index (χ1) is 10.4. The van der Waals surface area contributed by atoms with Gasteiger partial charge in [0.2, 0.25) is 0 Å². The van der Waals surface area contributed by atoms with E-state index in [0.717, 1.165) is 6.42 Å². The fourth-order valence-corrected chi connectivity index (χ4v) is 2.77. The zero-order valence-corrected chi connectivity index (χ0v) is 13.5. The quantitative estimate of drug-likeness (QED) is 0.873. The van der Waals surface area contributed by atoms with Crippen molar-refractivity contribution in [2.75, 3.05) is 0 Å². The molecule has 0 amide bonds. The summed E-state index contributed by atoms with van der Waals surface area (Å²) in [6, 6.07) is 12.1. The molecule has 0 aliphatic carbocycles. The Balaban J connectivity index is 2.14. The summed E-state index contributed by atoms with van der Waals surface area (Å²) in [4.78, 5) is 0. The molecule has 0 fully saturated rings. The molecule has 2 rings (SSSR count). The highest BCUT2D eigenvalue weighted by Crippen LogP contribution is 2.28. The minimum atomic E-state index is -1.09. The Hall–Kier alpha value is -1.42. The van der Waals surface area contributed by atoms with Crippen LogP contribution >= 0.6 is 11.6 Å². The molecular formula is C18H21ClFNO. The SMILES string of the molecule is Cc1ccccc1CC(C)C(N)C(O)c1cccc(Cl)c1F. The highest BCUT2D eigenvalue weighted by atomic mass is 35.5. The van der Waals surface area contributed by atoms with Crippen molar-refractivity contribution in [2.24, 2.45) is 11.7 Å². The molecule has 3 N–H and O–H groups in total. The molecule has 0 heterocycles. The van der Waals surface area contributed by atoms with Gasteiger partial charge in [-0.25, -0.2) is 4.39 Å². The second-order valence-electron chi connectivity index (χ2n) is 5.77. The smallest absolute Gasteiger partial charge is 0.147 e. The van der Waals surface area contributed by atoms with Crippen LogP contribution in [0.25, 0.3) is 0 Å². The van der Waals surface area contributed by atoms with Crippen molar-refractivity contribution in [3.05, 3.63) is 70.0 Å². The van der Waals surface area contributed by atoms with Crippen molar-refractivity contribution < 1.29 is 9.50 Å². The Bertz CT molecular complexity index is 647. The van der Waals surface area contributed by atoms with Gasteiger partial charge in [0.15, 0.2) is 0 Å². The maximum Gasteiger partial charge on any atom is 0.147 e. The van der Waals surface area contributed by atoms with Crippen LogP contribution in [-0.2, 0) is 6.42 Å². The number of hydrogen-bond acceptors (Lipinski definition) is 2. The molecule has 0 aliphatic rings. The Morgan fingerprint density at radius 3 is 2.55 bits per heavy atom. The van der Waals surface area contributed by atoms with Gasteiger partial charge in [0.25, 0.3) is 0 Å². The summed E-state index contributed by atoms with van der Waals surface area (Å²) in [5.41, 5.74) is 8.67. The summed E-state index contributed by atoms with van der Waals surface area (Å²) >= 11 is 5.77. The van der Waals surface area contributed by atoms with Gasteiger partial charge in [-0.1, -0.05) is 54.9 Å². The number of aliphatic hydroxyl groups excluding tert-OH is 1. The van der Waals surface area contributed by atoms with Crippen LogP contribution < -0.4 is 5.73 Å². The van der Waals surface area contributed by atoms with Crippen LogP contribution in [0.5, 0.6) is 0 Å². The largest absolute Gasteiger partial charge is 0.387 e. The van der Waals surface area contributed by atoms with Crippen LogP contribution in [0.4, 0.5) is 4.39 Å². The van der Waals surface area contributed by atoms with Crippen molar-refractivity contribution in [3.63, 3.8) is 0 Å². The standard InChI is InChI=1S/C18H21ClFNO/c1-11-6-3-4-7-13(11)10-12(2)17(21)18(22)14-8-5-9-15(19)16(14)20/h3-9,12,17-18,22H,10,21H2,1-2H3. The summed E-state index contributed by atoms with van der Waals surface area (Å²) in [5, 5.41) is 10.4. The second kappa shape index (κ2) is 7.23. The second-order valence-corrected chi connectivity index (χ2v) is 6.18. The molecule has 0 radical (unpaired) electrons. The highest BCUT2D eigenvalue weighted by Gasteiger charge is 2.26. The molecule has 22 heavy (non-hydrogen) atoms. The summed E-state index contributed by atoms with van der Waals surface area (Å²) in [7, 11) is 0. The summed E-state index contributed by atoms with van der Waals surface area (Å²) in [5.74, 6) is -0.607. The minimum absolute atomic E-state index is 0.00435. The molecule has 3 atom stereocenters. The number of aliphatic hydroxyl groups is 1.